The van der Waals surface area contributed by atoms with Crippen molar-refractivity contribution in [2.45, 2.75) is 303 Å². The van der Waals surface area contributed by atoms with Crippen LogP contribution in [0.1, 0.15) is 297 Å². The summed E-state index contributed by atoms with van der Waals surface area (Å²) in [6.07, 6.45) is 49.4. The molecule has 2 atom stereocenters. The molecule has 0 aromatic carbocycles. The molecule has 0 N–H and O–H groups in total. The van der Waals surface area contributed by atoms with E-state index in [2.05, 4.69) is 27.7 Å². The van der Waals surface area contributed by atoms with Crippen LogP contribution in [0.4, 0.5) is 0 Å². The fraction of sp³-hybridized carbons (Fsp3) is 0.943. The first-order valence-corrected chi connectivity index (χ1v) is 26.4. The van der Waals surface area contributed by atoms with Crippen LogP contribution >= 0.6 is 0 Å². The highest BCUT2D eigenvalue weighted by Gasteiger charge is 2.19. The van der Waals surface area contributed by atoms with Crippen molar-refractivity contribution in [1.82, 2.24) is 0 Å². The van der Waals surface area contributed by atoms with Crippen molar-refractivity contribution in [1.29, 1.82) is 0 Å². The van der Waals surface area contributed by atoms with E-state index in [4.69, 9.17) is 14.2 Å². The lowest BCUT2D eigenvalue weighted by Crippen LogP contribution is -2.30. The van der Waals surface area contributed by atoms with Gasteiger partial charge in [0.05, 0.1) is 0 Å². The number of carbonyl (C=O) groups excluding carboxylic acids is 3. The summed E-state index contributed by atoms with van der Waals surface area (Å²) >= 11 is 0. The zero-order chi connectivity index (χ0) is 43.1. The van der Waals surface area contributed by atoms with E-state index in [-0.39, 0.29) is 31.1 Å². The van der Waals surface area contributed by atoms with Crippen LogP contribution in [0.5, 0.6) is 0 Å². The second-order valence-electron chi connectivity index (χ2n) is 18.4. The number of ether oxygens (including phenoxy) is 3. The smallest absolute Gasteiger partial charge is 0.306 e. The molecule has 0 aromatic rings. The van der Waals surface area contributed by atoms with Crippen LogP contribution in [-0.4, -0.2) is 37.2 Å². The van der Waals surface area contributed by atoms with Gasteiger partial charge in [0.2, 0.25) is 0 Å². The highest BCUT2D eigenvalue weighted by Crippen LogP contribution is 2.18. The standard InChI is InChI=1S/C53H102O6/c1-5-8-10-12-14-16-18-20-21-22-23-24-26-28-33-37-41-45-52(55)58-48-50(59-53(56)46-42-38-34-30-29-31-35-39-43-49(4)7-3)47-57-51(54)44-40-36-32-27-25-19-17-15-13-11-9-6-2/h49-50H,5-48H2,1-4H3/t49?,50-/m0/s1. The number of unbranched alkanes of at least 4 members (excludes halogenated alkanes) is 34. The highest BCUT2D eigenvalue weighted by atomic mass is 16.6. The predicted molar refractivity (Wildman–Crippen MR) is 252 cm³/mol. The van der Waals surface area contributed by atoms with Gasteiger partial charge in [-0.3, -0.25) is 14.4 Å². The average molecular weight is 835 g/mol. The molecule has 0 aliphatic carbocycles. The second-order valence-corrected chi connectivity index (χ2v) is 18.4. The fourth-order valence-corrected chi connectivity index (χ4v) is 8.01. The third kappa shape index (κ3) is 45.8. The maximum absolute atomic E-state index is 12.8. The lowest BCUT2D eigenvalue weighted by atomic mass is 9.99. The Morgan fingerprint density at radius 2 is 0.593 bits per heavy atom. The summed E-state index contributed by atoms with van der Waals surface area (Å²) in [4.78, 5) is 37.9. The molecule has 0 saturated carbocycles. The maximum Gasteiger partial charge on any atom is 0.306 e. The van der Waals surface area contributed by atoms with Crippen molar-refractivity contribution < 1.29 is 28.6 Å². The van der Waals surface area contributed by atoms with Crippen molar-refractivity contribution in [2.75, 3.05) is 13.2 Å². The minimum absolute atomic E-state index is 0.0630. The van der Waals surface area contributed by atoms with Gasteiger partial charge in [-0.15, -0.1) is 0 Å². The van der Waals surface area contributed by atoms with Gasteiger partial charge >= 0.3 is 17.9 Å². The summed E-state index contributed by atoms with van der Waals surface area (Å²) in [6.45, 7) is 9.03. The van der Waals surface area contributed by atoms with E-state index in [9.17, 15) is 14.4 Å². The van der Waals surface area contributed by atoms with Crippen LogP contribution in [0.15, 0.2) is 0 Å². The molecule has 0 bridgehead atoms. The van der Waals surface area contributed by atoms with Crippen LogP contribution in [0.25, 0.3) is 0 Å². The highest BCUT2D eigenvalue weighted by molar-refractivity contribution is 5.71. The molecule has 0 amide bonds. The summed E-state index contributed by atoms with van der Waals surface area (Å²) in [5.41, 5.74) is 0. The van der Waals surface area contributed by atoms with E-state index in [1.807, 2.05) is 0 Å². The van der Waals surface area contributed by atoms with Crippen molar-refractivity contribution >= 4 is 17.9 Å². The topological polar surface area (TPSA) is 78.9 Å². The predicted octanol–water partition coefficient (Wildman–Crippen LogP) is 17.1. The number of esters is 3. The summed E-state index contributed by atoms with van der Waals surface area (Å²) in [5.74, 6) is -0.000237. The first kappa shape index (κ1) is 57.4. The van der Waals surface area contributed by atoms with Gasteiger partial charge in [-0.25, -0.2) is 0 Å². The quantitative estimate of drug-likeness (QED) is 0.0345. The third-order valence-electron chi connectivity index (χ3n) is 12.4. The van der Waals surface area contributed by atoms with Gasteiger partial charge in [-0.2, -0.15) is 0 Å². The summed E-state index contributed by atoms with van der Waals surface area (Å²) in [5, 5.41) is 0. The summed E-state index contributed by atoms with van der Waals surface area (Å²) < 4.78 is 16.8. The van der Waals surface area contributed by atoms with E-state index < -0.39 is 6.10 Å². The van der Waals surface area contributed by atoms with E-state index >= 15 is 0 Å². The molecule has 0 aliphatic heterocycles. The first-order chi connectivity index (χ1) is 28.9. The lowest BCUT2D eigenvalue weighted by molar-refractivity contribution is -0.167. The van der Waals surface area contributed by atoms with E-state index in [0.717, 1.165) is 63.7 Å². The van der Waals surface area contributed by atoms with Crippen molar-refractivity contribution in [3.8, 4) is 0 Å². The Morgan fingerprint density at radius 3 is 0.881 bits per heavy atom. The largest absolute Gasteiger partial charge is 0.462 e. The maximum atomic E-state index is 12.8. The Hall–Kier alpha value is -1.59. The summed E-state index contributed by atoms with van der Waals surface area (Å²) in [6, 6.07) is 0. The molecule has 0 saturated heterocycles. The minimum atomic E-state index is -0.761. The number of hydrogen-bond donors (Lipinski definition) is 0. The molecular weight excluding hydrogens is 733 g/mol. The molecular formula is C53H102O6. The van der Waals surface area contributed by atoms with Crippen LogP contribution in [0, 0.1) is 5.92 Å². The lowest BCUT2D eigenvalue weighted by Gasteiger charge is -2.18. The molecule has 0 aliphatic rings. The molecule has 6 nitrogen and oxygen atoms in total. The zero-order valence-corrected chi connectivity index (χ0v) is 40.2. The van der Waals surface area contributed by atoms with Crippen LogP contribution in [-0.2, 0) is 28.6 Å². The monoisotopic (exact) mass is 835 g/mol. The molecule has 0 rings (SSSR count). The van der Waals surface area contributed by atoms with Gasteiger partial charge in [-0.1, -0.05) is 259 Å². The van der Waals surface area contributed by atoms with Gasteiger partial charge in [0.25, 0.3) is 0 Å². The molecule has 0 aromatic heterocycles. The van der Waals surface area contributed by atoms with Gasteiger partial charge in [0.1, 0.15) is 13.2 Å². The molecule has 59 heavy (non-hydrogen) atoms. The zero-order valence-electron chi connectivity index (χ0n) is 40.2. The Balaban J connectivity index is 4.28. The Labute approximate surface area is 368 Å². The first-order valence-electron chi connectivity index (χ1n) is 26.4. The molecule has 0 heterocycles. The van der Waals surface area contributed by atoms with E-state index in [1.54, 1.807) is 0 Å². The molecule has 0 radical (unpaired) electrons. The van der Waals surface area contributed by atoms with Gasteiger partial charge in [0.15, 0.2) is 6.10 Å². The van der Waals surface area contributed by atoms with Gasteiger partial charge in [0, 0.05) is 19.3 Å². The normalized spacial score (nSPS) is 12.4. The molecule has 350 valence electrons. The minimum Gasteiger partial charge on any atom is -0.462 e. The Morgan fingerprint density at radius 1 is 0.339 bits per heavy atom. The van der Waals surface area contributed by atoms with E-state index in [0.29, 0.717) is 19.3 Å². The van der Waals surface area contributed by atoms with Crippen LogP contribution < -0.4 is 0 Å². The van der Waals surface area contributed by atoms with E-state index in [1.165, 1.54) is 193 Å². The average Bonchev–Trinajstić information content (AvgIpc) is 3.23. The third-order valence-corrected chi connectivity index (χ3v) is 12.4. The van der Waals surface area contributed by atoms with Gasteiger partial charge < -0.3 is 14.2 Å². The Bertz CT molecular complexity index is 889. The summed E-state index contributed by atoms with van der Waals surface area (Å²) in [7, 11) is 0. The van der Waals surface area contributed by atoms with Crippen LogP contribution in [0.2, 0.25) is 0 Å². The fourth-order valence-electron chi connectivity index (χ4n) is 8.01. The number of carbonyl (C=O) groups is 3. The molecule has 6 heteroatoms. The van der Waals surface area contributed by atoms with Crippen molar-refractivity contribution in [3.05, 3.63) is 0 Å². The molecule has 0 spiro atoms. The Kier molecular flexibility index (Phi) is 46.2. The van der Waals surface area contributed by atoms with Gasteiger partial charge in [-0.05, 0) is 25.2 Å². The van der Waals surface area contributed by atoms with Crippen molar-refractivity contribution in [3.63, 3.8) is 0 Å². The molecule has 0 fully saturated rings. The SMILES string of the molecule is CCCCCCCCCCCCCCCCCCCC(=O)OC[C@H](COC(=O)CCCCCCCCCCCCCC)OC(=O)CCCCCCCCCCC(C)CC. The number of rotatable bonds is 48. The molecule has 1 unspecified atom stereocenters. The second kappa shape index (κ2) is 47.5. The van der Waals surface area contributed by atoms with Crippen LogP contribution in [0.3, 0.4) is 0 Å². The van der Waals surface area contributed by atoms with Crippen molar-refractivity contribution in [2.24, 2.45) is 5.92 Å². The number of hydrogen-bond acceptors (Lipinski definition) is 6.